The van der Waals surface area contributed by atoms with Crippen molar-refractivity contribution < 1.29 is 0 Å². The van der Waals surface area contributed by atoms with Crippen LogP contribution in [-0.2, 0) is 12.8 Å². The molecule has 0 saturated heterocycles. The molecule has 2 aromatic heterocycles. The number of hydrogen-bond acceptors (Lipinski definition) is 2. The highest BCUT2D eigenvalue weighted by molar-refractivity contribution is 5.90. The highest BCUT2D eigenvalue weighted by Gasteiger charge is 2.28. The molecular formula is C18H19N3O. The van der Waals surface area contributed by atoms with Crippen LogP contribution in [0.2, 0.25) is 0 Å². The van der Waals surface area contributed by atoms with Crippen molar-refractivity contribution in [3.05, 3.63) is 51.4 Å². The molecule has 3 aromatic rings. The van der Waals surface area contributed by atoms with E-state index in [0.29, 0.717) is 0 Å². The summed E-state index contributed by atoms with van der Waals surface area (Å²) in [6.45, 7) is 6.05. The summed E-state index contributed by atoms with van der Waals surface area (Å²) in [5.74, 6) is 0.782. The maximum atomic E-state index is 12.8. The summed E-state index contributed by atoms with van der Waals surface area (Å²) in [5.41, 5.74) is 5.18. The fraction of sp³-hybridized carbons (Fsp3) is 0.333. The summed E-state index contributed by atoms with van der Waals surface area (Å²) in [4.78, 5) is 21.0. The second-order valence-electron chi connectivity index (χ2n) is 6.11. The van der Waals surface area contributed by atoms with Crippen LogP contribution in [0.5, 0.6) is 0 Å². The van der Waals surface area contributed by atoms with Gasteiger partial charge in [0.2, 0.25) is 0 Å². The average molecular weight is 293 g/mol. The normalized spacial score (nSPS) is 16.6. The van der Waals surface area contributed by atoms with E-state index in [1.165, 1.54) is 10.9 Å². The van der Waals surface area contributed by atoms with Gasteiger partial charge in [-0.2, -0.15) is 0 Å². The smallest absolute Gasteiger partial charge is 0.257 e. The van der Waals surface area contributed by atoms with Crippen LogP contribution >= 0.6 is 0 Å². The highest BCUT2D eigenvalue weighted by atomic mass is 16.1. The van der Waals surface area contributed by atoms with Crippen LogP contribution in [0.4, 0.5) is 0 Å². The molecule has 0 aliphatic carbocycles. The summed E-state index contributed by atoms with van der Waals surface area (Å²) in [6.07, 6.45) is 1.59. The number of fused-ring (bicyclic) bond motifs is 5. The molecule has 1 aromatic carbocycles. The average Bonchev–Trinajstić information content (AvgIpc) is 2.86. The van der Waals surface area contributed by atoms with Gasteiger partial charge in [-0.25, -0.2) is 4.98 Å². The maximum Gasteiger partial charge on any atom is 0.257 e. The molecule has 1 N–H and O–H groups in total. The van der Waals surface area contributed by atoms with Gasteiger partial charge in [0.05, 0.1) is 5.69 Å². The quantitative estimate of drug-likeness (QED) is 0.747. The summed E-state index contributed by atoms with van der Waals surface area (Å²) < 4.78 is 1.86. The first-order valence-electron chi connectivity index (χ1n) is 7.83. The molecular weight excluding hydrogens is 274 g/mol. The molecule has 0 amide bonds. The number of hydrogen-bond donors (Lipinski definition) is 1. The third-order valence-corrected chi connectivity index (χ3v) is 4.75. The van der Waals surface area contributed by atoms with E-state index < -0.39 is 0 Å². The SMILES string of the molecule is CCc1c(C)nc2n(c1=O)C(C)Cc1c-2[nH]c2ccccc12. The number of H-pyrrole nitrogens is 1. The van der Waals surface area contributed by atoms with E-state index in [9.17, 15) is 4.79 Å². The Hall–Kier alpha value is -2.36. The lowest BCUT2D eigenvalue weighted by molar-refractivity contribution is 0.507. The lowest BCUT2D eigenvalue weighted by atomic mass is 9.98. The first kappa shape index (κ1) is 13.3. The third kappa shape index (κ3) is 1.64. The minimum absolute atomic E-state index is 0.113. The number of rotatable bonds is 1. The summed E-state index contributed by atoms with van der Waals surface area (Å²) in [6, 6.07) is 8.43. The lowest BCUT2D eigenvalue weighted by Gasteiger charge is -2.25. The fourth-order valence-electron chi connectivity index (χ4n) is 3.66. The van der Waals surface area contributed by atoms with E-state index in [2.05, 4.69) is 30.1 Å². The molecule has 3 heterocycles. The van der Waals surface area contributed by atoms with E-state index in [1.54, 1.807) is 0 Å². The second-order valence-corrected chi connectivity index (χ2v) is 6.11. The number of aromatic amines is 1. The van der Waals surface area contributed by atoms with E-state index in [4.69, 9.17) is 4.98 Å². The molecule has 1 atom stereocenters. The van der Waals surface area contributed by atoms with Gasteiger partial charge in [-0.15, -0.1) is 0 Å². The first-order valence-corrected chi connectivity index (χ1v) is 7.83. The Morgan fingerprint density at radius 2 is 2.14 bits per heavy atom. The van der Waals surface area contributed by atoms with Crippen LogP contribution in [0.1, 0.15) is 36.7 Å². The highest BCUT2D eigenvalue weighted by Crippen LogP contribution is 2.36. The van der Waals surface area contributed by atoms with Crippen LogP contribution in [0, 0.1) is 6.92 Å². The van der Waals surface area contributed by atoms with Crippen molar-refractivity contribution in [2.45, 2.75) is 39.7 Å². The van der Waals surface area contributed by atoms with E-state index in [0.717, 1.165) is 41.1 Å². The van der Waals surface area contributed by atoms with Crippen molar-refractivity contribution in [3.8, 4) is 11.5 Å². The number of aryl methyl sites for hydroxylation is 1. The zero-order valence-corrected chi connectivity index (χ0v) is 13.1. The zero-order valence-electron chi connectivity index (χ0n) is 13.1. The summed E-state index contributed by atoms with van der Waals surface area (Å²) in [7, 11) is 0. The molecule has 4 rings (SSSR count). The number of benzene rings is 1. The predicted octanol–water partition coefficient (Wildman–Crippen LogP) is 3.38. The predicted molar refractivity (Wildman–Crippen MR) is 88.3 cm³/mol. The van der Waals surface area contributed by atoms with Crippen molar-refractivity contribution >= 4 is 10.9 Å². The van der Waals surface area contributed by atoms with Crippen LogP contribution in [0.3, 0.4) is 0 Å². The van der Waals surface area contributed by atoms with Gasteiger partial charge in [0.25, 0.3) is 5.56 Å². The molecule has 1 unspecified atom stereocenters. The Bertz CT molecular complexity index is 949. The molecule has 112 valence electrons. The van der Waals surface area contributed by atoms with Crippen molar-refractivity contribution in [1.82, 2.24) is 14.5 Å². The molecule has 0 radical (unpaired) electrons. The molecule has 0 saturated carbocycles. The van der Waals surface area contributed by atoms with Gasteiger partial charge in [-0.1, -0.05) is 25.1 Å². The van der Waals surface area contributed by atoms with E-state index in [1.807, 2.05) is 24.5 Å². The minimum Gasteiger partial charge on any atom is -0.352 e. The fourth-order valence-corrected chi connectivity index (χ4v) is 3.66. The molecule has 22 heavy (non-hydrogen) atoms. The largest absolute Gasteiger partial charge is 0.352 e. The Kier molecular flexibility index (Phi) is 2.76. The first-order chi connectivity index (χ1) is 10.6. The molecule has 0 spiro atoms. The number of para-hydroxylation sites is 1. The zero-order chi connectivity index (χ0) is 15.4. The van der Waals surface area contributed by atoms with Gasteiger partial charge >= 0.3 is 0 Å². The van der Waals surface area contributed by atoms with Crippen LogP contribution in [-0.4, -0.2) is 14.5 Å². The van der Waals surface area contributed by atoms with E-state index >= 15 is 0 Å². The standard InChI is InChI=1S/C18H19N3O/c1-4-12-11(3)19-17-16-14(9-10(2)21(17)18(12)22)13-7-5-6-8-15(13)20-16/h5-8,10,20H,4,9H2,1-3H3. The van der Waals surface area contributed by atoms with Gasteiger partial charge in [0.15, 0.2) is 5.82 Å². The number of aromatic nitrogens is 3. The molecule has 1 aliphatic rings. The monoisotopic (exact) mass is 293 g/mol. The van der Waals surface area contributed by atoms with Gasteiger partial charge in [-0.05, 0) is 38.3 Å². The summed E-state index contributed by atoms with van der Waals surface area (Å²) in [5, 5.41) is 1.24. The molecule has 0 fully saturated rings. The molecule has 4 heteroatoms. The Morgan fingerprint density at radius 1 is 1.36 bits per heavy atom. The van der Waals surface area contributed by atoms with Crippen LogP contribution < -0.4 is 5.56 Å². The van der Waals surface area contributed by atoms with Crippen LogP contribution in [0.25, 0.3) is 22.4 Å². The Balaban J connectivity index is 2.11. The number of nitrogens with one attached hydrogen (secondary N) is 1. The van der Waals surface area contributed by atoms with Gasteiger partial charge in [0, 0.05) is 28.2 Å². The van der Waals surface area contributed by atoms with Crippen molar-refractivity contribution in [2.75, 3.05) is 0 Å². The summed E-state index contributed by atoms with van der Waals surface area (Å²) >= 11 is 0. The van der Waals surface area contributed by atoms with Gasteiger partial charge < -0.3 is 4.98 Å². The lowest BCUT2D eigenvalue weighted by Crippen LogP contribution is -2.33. The molecule has 4 nitrogen and oxygen atoms in total. The minimum atomic E-state index is 0.113. The van der Waals surface area contributed by atoms with Gasteiger partial charge in [-0.3, -0.25) is 9.36 Å². The number of nitrogens with zero attached hydrogens (tertiary/aromatic N) is 2. The van der Waals surface area contributed by atoms with Crippen molar-refractivity contribution in [2.24, 2.45) is 0 Å². The molecule has 1 aliphatic heterocycles. The topological polar surface area (TPSA) is 50.7 Å². The maximum absolute atomic E-state index is 12.8. The third-order valence-electron chi connectivity index (χ3n) is 4.75. The van der Waals surface area contributed by atoms with Crippen LogP contribution in [0.15, 0.2) is 29.1 Å². The van der Waals surface area contributed by atoms with Crippen molar-refractivity contribution in [3.63, 3.8) is 0 Å². The van der Waals surface area contributed by atoms with E-state index in [-0.39, 0.29) is 11.6 Å². The second kappa shape index (κ2) is 4.57. The molecule has 0 bridgehead atoms. The van der Waals surface area contributed by atoms with Gasteiger partial charge in [0.1, 0.15) is 0 Å². The van der Waals surface area contributed by atoms with Crippen molar-refractivity contribution in [1.29, 1.82) is 0 Å². The Morgan fingerprint density at radius 3 is 2.91 bits per heavy atom. The Labute approximate surface area is 128 Å².